The van der Waals surface area contributed by atoms with Crippen LogP contribution in [0.1, 0.15) is 27.7 Å². The fourth-order valence-electron chi connectivity index (χ4n) is 3.34. The van der Waals surface area contributed by atoms with E-state index in [4.69, 9.17) is 19.1 Å². The molecule has 0 saturated carbocycles. The van der Waals surface area contributed by atoms with E-state index in [1.165, 1.54) is 5.69 Å². The van der Waals surface area contributed by atoms with Crippen LogP contribution in [0.5, 0.6) is 0 Å². The Balaban J connectivity index is 1.73. The SMILES string of the molecule is CC1(C)OB(c2nn(PI)c3cc(N4CCOCC4)ccc23)OC1(C)C. The molecule has 0 bridgehead atoms. The summed E-state index contributed by atoms with van der Waals surface area (Å²) < 4.78 is 20.0. The van der Waals surface area contributed by atoms with Crippen LogP contribution in [0, 0.1) is 0 Å². The number of ether oxygens (including phenoxy) is 1. The number of morpholine rings is 1. The van der Waals surface area contributed by atoms with Crippen LogP contribution in [0.4, 0.5) is 5.69 Å². The monoisotopic (exact) mass is 487 g/mol. The minimum absolute atomic E-state index is 0.367. The second-order valence-corrected chi connectivity index (χ2v) is 9.81. The van der Waals surface area contributed by atoms with E-state index in [0.29, 0.717) is 6.37 Å². The normalized spacial score (nSPS) is 22.8. The van der Waals surface area contributed by atoms with Crippen molar-refractivity contribution >= 4 is 57.7 Å². The maximum absolute atomic E-state index is 6.24. The van der Waals surface area contributed by atoms with Gasteiger partial charge in [0, 0.05) is 24.2 Å². The van der Waals surface area contributed by atoms with E-state index in [1.807, 2.05) is 0 Å². The first-order valence-corrected chi connectivity index (χ1v) is 13.0. The summed E-state index contributed by atoms with van der Waals surface area (Å²) in [6.45, 7) is 11.7. The summed E-state index contributed by atoms with van der Waals surface area (Å²) in [6, 6.07) is 6.56. The number of anilines is 1. The topological polar surface area (TPSA) is 48.8 Å². The van der Waals surface area contributed by atoms with E-state index < -0.39 is 7.12 Å². The molecule has 26 heavy (non-hydrogen) atoms. The Kier molecular flexibility index (Phi) is 5.01. The van der Waals surface area contributed by atoms with E-state index in [-0.39, 0.29) is 11.2 Å². The highest BCUT2D eigenvalue weighted by Gasteiger charge is 2.53. The fraction of sp³-hybridized carbons (Fsp3) is 0.588. The van der Waals surface area contributed by atoms with Crippen LogP contribution in [0.3, 0.4) is 0 Å². The van der Waals surface area contributed by atoms with Crippen molar-refractivity contribution < 1.29 is 14.0 Å². The van der Waals surface area contributed by atoms with Gasteiger partial charge in [-0.25, -0.2) is 4.45 Å². The molecule has 0 amide bonds. The van der Waals surface area contributed by atoms with Gasteiger partial charge in [-0.15, -0.1) is 0 Å². The molecule has 1 aromatic heterocycles. The molecule has 0 N–H and O–H groups in total. The average molecular weight is 487 g/mol. The second-order valence-electron chi connectivity index (χ2n) is 7.77. The molecule has 1 atom stereocenters. The molecule has 2 aliphatic rings. The molecular weight excluding hydrogens is 463 g/mol. The number of hydrogen-bond donors (Lipinski definition) is 0. The largest absolute Gasteiger partial charge is 0.517 e. The first-order chi connectivity index (χ1) is 12.3. The van der Waals surface area contributed by atoms with Crippen molar-refractivity contribution in [3.8, 4) is 0 Å². The predicted octanol–water partition coefficient (Wildman–Crippen LogP) is 2.96. The van der Waals surface area contributed by atoms with Gasteiger partial charge in [-0.2, -0.15) is 5.10 Å². The van der Waals surface area contributed by atoms with Gasteiger partial charge >= 0.3 is 7.12 Å². The number of hydrogen-bond acceptors (Lipinski definition) is 5. The molecule has 1 aromatic carbocycles. The molecule has 1 unspecified atom stereocenters. The quantitative estimate of drug-likeness (QED) is 0.379. The zero-order chi connectivity index (χ0) is 18.5. The first-order valence-electron chi connectivity index (χ1n) is 8.90. The van der Waals surface area contributed by atoms with Gasteiger partial charge < -0.3 is 18.9 Å². The van der Waals surface area contributed by atoms with E-state index >= 15 is 0 Å². The van der Waals surface area contributed by atoms with Gasteiger partial charge in [0.15, 0.2) is 0 Å². The summed E-state index contributed by atoms with van der Waals surface area (Å²) in [7, 11) is -0.439. The Bertz CT molecular complexity index is 807. The molecule has 2 aliphatic heterocycles. The number of halogens is 1. The lowest BCUT2D eigenvalue weighted by Gasteiger charge is -2.32. The van der Waals surface area contributed by atoms with Gasteiger partial charge in [0.25, 0.3) is 0 Å². The molecule has 0 spiro atoms. The van der Waals surface area contributed by atoms with Crippen LogP contribution in [0.25, 0.3) is 10.9 Å². The molecule has 9 heteroatoms. The summed E-state index contributed by atoms with van der Waals surface area (Å²) in [4.78, 5) is 2.37. The van der Waals surface area contributed by atoms with E-state index in [9.17, 15) is 0 Å². The molecule has 2 fully saturated rings. The van der Waals surface area contributed by atoms with Crippen LogP contribution in [-0.4, -0.2) is 54.2 Å². The molecule has 0 radical (unpaired) electrons. The minimum atomic E-state index is -0.439. The summed E-state index contributed by atoms with van der Waals surface area (Å²) in [5, 5.41) is 5.94. The van der Waals surface area contributed by atoms with Gasteiger partial charge in [-0.3, -0.25) is 0 Å². The maximum Gasteiger partial charge on any atom is 0.517 e. The highest BCUT2D eigenvalue weighted by Crippen LogP contribution is 2.38. The van der Waals surface area contributed by atoms with Gasteiger partial charge in [0.05, 0.1) is 36.3 Å². The van der Waals surface area contributed by atoms with Crippen molar-refractivity contribution in [3.63, 3.8) is 0 Å². The van der Waals surface area contributed by atoms with E-state index in [2.05, 4.69) is 77.3 Å². The number of aromatic nitrogens is 2. The van der Waals surface area contributed by atoms with Crippen LogP contribution in [-0.2, 0) is 14.0 Å². The van der Waals surface area contributed by atoms with Crippen LogP contribution in [0.2, 0.25) is 0 Å². The smallest absolute Gasteiger partial charge is 0.398 e. The lowest BCUT2D eigenvalue weighted by Crippen LogP contribution is -2.41. The van der Waals surface area contributed by atoms with Crippen LogP contribution < -0.4 is 10.5 Å². The standard InChI is InChI=1S/C17H24BIN3O3P/c1-16(2)17(3,4)25-18(24-16)15-13-6-5-12(21-7-9-23-10-8-21)11-14(13)22(20-15)26-19/h5-6,11,26H,7-10H2,1-4H3. The Morgan fingerprint density at radius 1 is 1.12 bits per heavy atom. The zero-order valence-corrected chi connectivity index (χ0v) is 18.7. The fourth-order valence-corrected chi connectivity index (χ4v) is 4.86. The Morgan fingerprint density at radius 3 is 2.38 bits per heavy atom. The van der Waals surface area contributed by atoms with Gasteiger partial charge in [0.2, 0.25) is 0 Å². The Hall–Kier alpha value is -0.405. The first kappa shape index (κ1) is 18.9. The Labute approximate surface area is 169 Å². The average Bonchev–Trinajstić information content (AvgIpc) is 3.09. The third-order valence-electron chi connectivity index (χ3n) is 5.63. The number of rotatable bonds is 3. The Morgan fingerprint density at radius 2 is 1.77 bits per heavy atom. The van der Waals surface area contributed by atoms with Crippen molar-refractivity contribution in [2.45, 2.75) is 38.9 Å². The summed E-state index contributed by atoms with van der Waals surface area (Å²) >= 11 is 2.37. The van der Waals surface area contributed by atoms with Crippen molar-refractivity contribution in [3.05, 3.63) is 18.2 Å². The third-order valence-corrected chi connectivity index (χ3v) is 7.50. The molecule has 3 heterocycles. The van der Waals surface area contributed by atoms with E-state index in [1.54, 1.807) is 0 Å². The molecular formula is C17H24BIN3O3P. The second kappa shape index (κ2) is 6.89. The summed E-state index contributed by atoms with van der Waals surface area (Å²) in [6.07, 6.45) is 0.519. The lowest BCUT2D eigenvalue weighted by atomic mass is 9.82. The third kappa shape index (κ3) is 3.18. The lowest BCUT2D eigenvalue weighted by molar-refractivity contribution is 0.00578. The van der Waals surface area contributed by atoms with Crippen LogP contribution in [0.15, 0.2) is 18.2 Å². The highest BCUT2D eigenvalue weighted by molar-refractivity contribution is 14.2. The molecule has 4 rings (SSSR count). The zero-order valence-electron chi connectivity index (χ0n) is 15.6. The number of nitrogens with zero attached hydrogens (tertiary/aromatic N) is 3. The van der Waals surface area contributed by atoms with Gasteiger partial charge in [-0.05, 0) is 67.9 Å². The summed E-state index contributed by atoms with van der Waals surface area (Å²) in [5.41, 5.74) is 2.49. The molecule has 6 nitrogen and oxygen atoms in total. The minimum Gasteiger partial charge on any atom is -0.398 e. The molecule has 2 saturated heterocycles. The predicted molar refractivity (Wildman–Crippen MR) is 116 cm³/mol. The highest BCUT2D eigenvalue weighted by atomic mass is 127. The number of benzene rings is 1. The maximum atomic E-state index is 6.24. The van der Waals surface area contributed by atoms with E-state index in [0.717, 1.165) is 42.8 Å². The van der Waals surface area contributed by atoms with Gasteiger partial charge in [-0.1, -0.05) is 0 Å². The van der Waals surface area contributed by atoms with Crippen molar-refractivity contribution in [1.29, 1.82) is 0 Å². The number of fused-ring (bicyclic) bond motifs is 1. The molecule has 2 aromatic rings. The van der Waals surface area contributed by atoms with Crippen LogP contribution >= 0.6 is 28.4 Å². The van der Waals surface area contributed by atoms with Crippen molar-refractivity contribution in [1.82, 2.24) is 9.55 Å². The van der Waals surface area contributed by atoms with Crippen molar-refractivity contribution in [2.24, 2.45) is 0 Å². The molecule has 0 aliphatic carbocycles. The van der Waals surface area contributed by atoms with Gasteiger partial charge in [0.1, 0.15) is 5.59 Å². The summed E-state index contributed by atoms with van der Waals surface area (Å²) in [5.74, 6) is 0. The molecule has 140 valence electrons. The van der Waals surface area contributed by atoms with Crippen molar-refractivity contribution in [2.75, 3.05) is 31.2 Å².